The lowest BCUT2D eigenvalue weighted by atomic mass is 10.1. The van der Waals surface area contributed by atoms with Gasteiger partial charge in [0.05, 0.1) is 16.1 Å². The topological polar surface area (TPSA) is 91.9 Å². The number of nitrogens with one attached hydrogen (secondary N) is 2. The lowest BCUT2D eigenvalue weighted by Gasteiger charge is -2.04. The first-order valence-corrected chi connectivity index (χ1v) is 7.79. The first kappa shape index (κ1) is 16.0. The predicted octanol–water partition coefficient (Wildman–Crippen LogP) is 2.89. The number of amides is 1. The van der Waals surface area contributed by atoms with Crippen molar-refractivity contribution >= 4 is 39.1 Å². The molecular formula is C16H12FN3O3S. The second-order valence-electron chi connectivity index (χ2n) is 5.14. The number of rotatable bonds is 3. The molecule has 0 unspecified atom stereocenters. The fourth-order valence-corrected chi connectivity index (χ4v) is 3.18. The first-order chi connectivity index (χ1) is 11.4. The molecule has 24 heavy (non-hydrogen) atoms. The fourth-order valence-electron chi connectivity index (χ4n) is 2.32. The fraction of sp³-hybridized carbons (Fsp3) is 0.125. The first-order valence-electron chi connectivity index (χ1n) is 6.98. The number of hydrogen-bond donors (Lipinski definition) is 2. The normalized spacial score (nSPS) is 10.8. The number of hydrogen-bond acceptors (Lipinski definition) is 5. The van der Waals surface area contributed by atoms with Crippen LogP contribution in [-0.2, 0) is 0 Å². The Kier molecular flexibility index (Phi) is 3.98. The van der Waals surface area contributed by atoms with E-state index in [-0.39, 0.29) is 27.4 Å². The lowest BCUT2D eigenvalue weighted by Crippen LogP contribution is -2.22. The Labute approximate surface area is 139 Å². The Bertz CT molecular complexity index is 1040. The number of thiazole rings is 1. The van der Waals surface area contributed by atoms with Crippen LogP contribution >= 0.6 is 11.3 Å². The number of Topliss-reactive ketones (excluding diaryl/α,β-unsaturated/α-hetero) is 1. The molecule has 8 heteroatoms. The van der Waals surface area contributed by atoms with Crippen molar-refractivity contribution in [2.45, 2.75) is 13.8 Å². The Morgan fingerprint density at radius 2 is 2.08 bits per heavy atom. The van der Waals surface area contributed by atoms with Crippen molar-refractivity contribution in [1.82, 2.24) is 9.97 Å². The van der Waals surface area contributed by atoms with Crippen LogP contribution in [-0.4, -0.2) is 21.7 Å². The standard InChI is InChI=1S/C16H12FN3O3S/c1-7-14(8(2)21)24-16(19-7)20-15(23)10-6-18-12-9(13(10)22)4-3-5-11(12)17/h3-6H,1-2H3,(H,18,22)(H,19,20,23). The van der Waals surface area contributed by atoms with E-state index in [9.17, 15) is 18.8 Å². The van der Waals surface area contributed by atoms with Gasteiger partial charge in [-0.1, -0.05) is 17.4 Å². The summed E-state index contributed by atoms with van der Waals surface area (Å²) in [7, 11) is 0. The summed E-state index contributed by atoms with van der Waals surface area (Å²) >= 11 is 1.04. The van der Waals surface area contributed by atoms with E-state index in [1.165, 1.54) is 25.1 Å². The number of nitrogens with zero attached hydrogens (tertiary/aromatic N) is 1. The average Bonchev–Trinajstić information content (AvgIpc) is 2.89. The highest BCUT2D eigenvalue weighted by molar-refractivity contribution is 7.17. The van der Waals surface area contributed by atoms with Gasteiger partial charge in [0, 0.05) is 18.5 Å². The molecule has 2 aromatic heterocycles. The van der Waals surface area contributed by atoms with Crippen LogP contribution < -0.4 is 10.7 Å². The van der Waals surface area contributed by atoms with Crippen molar-refractivity contribution in [2.24, 2.45) is 0 Å². The van der Waals surface area contributed by atoms with Crippen LogP contribution in [0, 0.1) is 12.7 Å². The molecule has 0 aliphatic rings. The summed E-state index contributed by atoms with van der Waals surface area (Å²) in [5.41, 5.74) is -0.188. The SMILES string of the molecule is CC(=O)c1sc(NC(=O)c2c[nH]c3c(F)cccc3c2=O)nc1C. The van der Waals surface area contributed by atoms with Gasteiger partial charge in [0.25, 0.3) is 5.91 Å². The minimum Gasteiger partial charge on any atom is -0.358 e. The molecule has 3 rings (SSSR count). The van der Waals surface area contributed by atoms with E-state index in [1.54, 1.807) is 6.92 Å². The number of aromatic amines is 1. The zero-order valence-electron chi connectivity index (χ0n) is 12.8. The molecular weight excluding hydrogens is 333 g/mol. The number of H-pyrrole nitrogens is 1. The summed E-state index contributed by atoms with van der Waals surface area (Å²) in [4.78, 5) is 43.3. The van der Waals surface area contributed by atoms with Gasteiger partial charge in [-0.2, -0.15) is 0 Å². The van der Waals surface area contributed by atoms with E-state index in [4.69, 9.17) is 0 Å². The number of carbonyl (C=O) groups excluding carboxylic acids is 2. The summed E-state index contributed by atoms with van der Waals surface area (Å²) in [5, 5.41) is 2.81. The largest absolute Gasteiger partial charge is 0.358 e. The van der Waals surface area contributed by atoms with Gasteiger partial charge in [0.1, 0.15) is 11.4 Å². The minimum atomic E-state index is -0.675. The number of fused-ring (bicyclic) bond motifs is 1. The summed E-state index contributed by atoms with van der Waals surface area (Å²) in [6.07, 6.45) is 1.16. The highest BCUT2D eigenvalue weighted by atomic mass is 32.1. The van der Waals surface area contributed by atoms with Crippen LogP contribution in [0.4, 0.5) is 9.52 Å². The molecule has 122 valence electrons. The third-order valence-corrected chi connectivity index (χ3v) is 4.62. The van der Waals surface area contributed by atoms with Gasteiger partial charge in [-0.25, -0.2) is 9.37 Å². The van der Waals surface area contributed by atoms with Crippen LogP contribution in [0.3, 0.4) is 0 Å². The van der Waals surface area contributed by atoms with Gasteiger partial charge >= 0.3 is 0 Å². The maximum Gasteiger partial charge on any atom is 0.262 e. The van der Waals surface area contributed by atoms with E-state index >= 15 is 0 Å². The second kappa shape index (κ2) is 5.97. The third kappa shape index (κ3) is 2.71. The molecule has 2 heterocycles. The average molecular weight is 345 g/mol. The maximum atomic E-state index is 13.7. The Morgan fingerprint density at radius 3 is 2.75 bits per heavy atom. The summed E-state index contributed by atoms with van der Waals surface area (Å²) in [6, 6.07) is 4.06. The molecule has 0 spiro atoms. The molecule has 1 amide bonds. The highest BCUT2D eigenvalue weighted by Crippen LogP contribution is 2.23. The molecule has 0 saturated heterocycles. The number of para-hydroxylation sites is 1. The lowest BCUT2D eigenvalue weighted by molar-refractivity contribution is 0.101. The predicted molar refractivity (Wildman–Crippen MR) is 89.3 cm³/mol. The summed E-state index contributed by atoms with van der Waals surface area (Å²) in [6.45, 7) is 3.07. The smallest absolute Gasteiger partial charge is 0.262 e. The van der Waals surface area contributed by atoms with Crippen LogP contribution in [0.5, 0.6) is 0 Å². The van der Waals surface area contributed by atoms with Gasteiger partial charge in [-0.15, -0.1) is 0 Å². The third-order valence-electron chi connectivity index (χ3n) is 3.45. The van der Waals surface area contributed by atoms with Gasteiger partial charge in [0.2, 0.25) is 5.43 Å². The van der Waals surface area contributed by atoms with Crippen LogP contribution in [0.15, 0.2) is 29.2 Å². The van der Waals surface area contributed by atoms with Gasteiger partial charge in [0.15, 0.2) is 10.9 Å². The molecule has 0 radical (unpaired) electrons. The van der Waals surface area contributed by atoms with Gasteiger partial charge < -0.3 is 4.98 Å². The Hall–Kier alpha value is -2.87. The van der Waals surface area contributed by atoms with Crippen molar-refractivity contribution in [3.8, 4) is 0 Å². The van der Waals surface area contributed by atoms with E-state index in [2.05, 4.69) is 15.3 Å². The second-order valence-corrected chi connectivity index (χ2v) is 6.14. The molecule has 0 fully saturated rings. The van der Waals surface area contributed by atoms with Crippen LogP contribution in [0.25, 0.3) is 10.9 Å². The molecule has 0 aliphatic carbocycles. The van der Waals surface area contributed by atoms with Crippen molar-refractivity contribution in [3.05, 3.63) is 56.6 Å². The van der Waals surface area contributed by atoms with Crippen molar-refractivity contribution < 1.29 is 14.0 Å². The number of carbonyl (C=O) groups is 2. The number of aromatic nitrogens is 2. The Balaban J connectivity index is 1.98. The van der Waals surface area contributed by atoms with Gasteiger partial charge in [-0.05, 0) is 19.1 Å². The Morgan fingerprint density at radius 1 is 1.33 bits per heavy atom. The summed E-state index contributed by atoms with van der Waals surface area (Å²) in [5.74, 6) is -1.39. The van der Waals surface area contributed by atoms with Crippen molar-refractivity contribution in [2.75, 3.05) is 5.32 Å². The quantitative estimate of drug-likeness (QED) is 0.714. The molecule has 2 N–H and O–H groups in total. The van der Waals surface area contributed by atoms with Gasteiger partial charge in [-0.3, -0.25) is 19.7 Å². The number of anilines is 1. The zero-order valence-corrected chi connectivity index (χ0v) is 13.6. The molecule has 1 aromatic carbocycles. The molecule has 0 saturated carbocycles. The highest BCUT2D eigenvalue weighted by Gasteiger charge is 2.18. The van der Waals surface area contributed by atoms with E-state index in [0.717, 1.165) is 17.5 Å². The van der Waals surface area contributed by atoms with Crippen molar-refractivity contribution in [1.29, 1.82) is 0 Å². The number of ketones is 1. The monoisotopic (exact) mass is 345 g/mol. The molecule has 0 atom stereocenters. The zero-order chi connectivity index (χ0) is 17.4. The van der Waals surface area contributed by atoms with Crippen LogP contribution in [0.1, 0.15) is 32.6 Å². The number of halogens is 1. The molecule has 6 nitrogen and oxygen atoms in total. The summed E-state index contributed by atoms with van der Waals surface area (Å²) < 4.78 is 13.7. The van der Waals surface area contributed by atoms with Crippen LogP contribution in [0.2, 0.25) is 0 Å². The minimum absolute atomic E-state index is 0.0445. The maximum absolute atomic E-state index is 13.7. The van der Waals surface area contributed by atoms with E-state index < -0.39 is 17.2 Å². The number of aryl methyl sites for hydroxylation is 1. The number of benzene rings is 1. The molecule has 0 aliphatic heterocycles. The van der Waals surface area contributed by atoms with Crippen molar-refractivity contribution in [3.63, 3.8) is 0 Å². The molecule has 3 aromatic rings. The number of pyridine rings is 1. The van der Waals surface area contributed by atoms with E-state index in [0.29, 0.717) is 10.6 Å². The molecule has 0 bridgehead atoms. The van der Waals surface area contributed by atoms with E-state index in [1.807, 2.05) is 0 Å².